The molecular weight excluding hydrogens is 372 g/mol. The lowest BCUT2D eigenvalue weighted by Gasteiger charge is -2.17. The van der Waals surface area contributed by atoms with Crippen molar-refractivity contribution in [3.05, 3.63) is 53.3 Å². The minimum atomic E-state index is -0.637. The van der Waals surface area contributed by atoms with E-state index in [-0.39, 0.29) is 17.5 Å². The number of ketones is 1. The number of hydrogen-bond acceptors (Lipinski definition) is 6. The van der Waals surface area contributed by atoms with Crippen molar-refractivity contribution in [1.82, 2.24) is 0 Å². The SMILES string of the molecule is CCOc1ccc2c(c1)O/C(=C\c1ccc(OC(=O)C(C)(C)C)c(OC)c1)C2=O. The summed E-state index contributed by atoms with van der Waals surface area (Å²) in [5, 5.41) is 0. The van der Waals surface area contributed by atoms with E-state index in [0.717, 1.165) is 0 Å². The number of hydrogen-bond donors (Lipinski definition) is 0. The average Bonchev–Trinajstić information content (AvgIpc) is 2.97. The number of carbonyl (C=O) groups excluding carboxylic acids is 2. The molecule has 2 aromatic rings. The molecule has 1 aliphatic rings. The molecule has 0 spiro atoms. The quantitative estimate of drug-likeness (QED) is 0.416. The van der Waals surface area contributed by atoms with Crippen LogP contribution in [0.15, 0.2) is 42.2 Å². The predicted molar refractivity (Wildman–Crippen MR) is 109 cm³/mol. The van der Waals surface area contributed by atoms with E-state index in [9.17, 15) is 9.59 Å². The average molecular weight is 396 g/mol. The summed E-state index contributed by atoms with van der Waals surface area (Å²) in [5.74, 6) is 1.45. The van der Waals surface area contributed by atoms with Gasteiger partial charge in [-0.2, -0.15) is 0 Å². The molecule has 3 rings (SSSR count). The summed E-state index contributed by atoms with van der Waals surface area (Å²) in [6.07, 6.45) is 1.63. The van der Waals surface area contributed by atoms with Crippen molar-refractivity contribution in [3.8, 4) is 23.0 Å². The minimum Gasteiger partial charge on any atom is -0.494 e. The van der Waals surface area contributed by atoms with E-state index in [1.54, 1.807) is 63.2 Å². The number of benzene rings is 2. The van der Waals surface area contributed by atoms with Gasteiger partial charge in [-0.1, -0.05) is 6.07 Å². The third-order valence-electron chi connectivity index (χ3n) is 4.25. The van der Waals surface area contributed by atoms with Crippen LogP contribution >= 0.6 is 0 Å². The van der Waals surface area contributed by atoms with Crippen molar-refractivity contribution >= 4 is 17.8 Å². The highest BCUT2D eigenvalue weighted by molar-refractivity contribution is 6.14. The highest BCUT2D eigenvalue weighted by atomic mass is 16.6. The third-order valence-corrected chi connectivity index (χ3v) is 4.25. The first-order valence-electron chi connectivity index (χ1n) is 9.34. The van der Waals surface area contributed by atoms with Crippen LogP contribution in [0, 0.1) is 5.41 Å². The maximum Gasteiger partial charge on any atom is 0.316 e. The summed E-state index contributed by atoms with van der Waals surface area (Å²) >= 11 is 0. The van der Waals surface area contributed by atoms with Crippen molar-refractivity contribution in [3.63, 3.8) is 0 Å². The molecule has 6 heteroatoms. The Balaban J connectivity index is 1.85. The molecular formula is C23H24O6. The molecule has 0 aromatic heterocycles. The highest BCUT2D eigenvalue weighted by Gasteiger charge is 2.28. The Bertz CT molecular complexity index is 981. The van der Waals surface area contributed by atoms with Gasteiger partial charge >= 0.3 is 5.97 Å². The molecule has 2 aromatic carbocycles. The highest BCUT2D eigenvalue weighted by Crippen LogP contribution is 2.36. The second-order valence-corrected chi connectivity index (χ2v) is 7.58. The zero-order valence-corrected chi connectivity index (χ0v) is 17.2. The van der Waals surface area contributed by atoms with Crippen LogP contribution in [0.5, 0.6) is 23.0 Å². The summed E-state index contributed by atoms with van der Waals surface area (Å²) in [7, 11) is 1.49. The van der Waals surface area contributed by atoms with Gasteiger partial charge in [0.05, 0.1) is 24.7 Å². The normalized spacial score (nSPS) is 14.4. The maximum atomic E-state index is 12.6. The van der Waals surface area contributed by atoms with Crippen LogP contribution < -0.4 is 18.9 Å². The summed E-state index contributed by atoms with van der Waals surface area (Å²) < 4.78 is 22.0. The molecule has 152 valence electrons. The summed E-state index contributed by atoms with van der Waals surface area (Å²) in [6.45, 7) is 7.75. The number of esters is 1. The van der Waals surface area contributed by atoms with Crippen LogP contribution in [-0.2, 0) is 4.79 Å². The Morgan fingerprint density at radius 2 is 1.86 bits per heavy atom. The lowest BCUT2D eigenvalue weighted by molar-refractivity contribution is -0.143. The fourth-order valence-electron chi connectivity index (χ4n) is 2.69. The van der Waals surface area contributed by atoms with E-state index in [4.69, 9.17) is 18.9 Å². The van der Waals surface area contributed by atoms with Gasteiger partial charge in [-0.25, -0.2) is 0 Å². The number of methoxy groups -OCH3 is 1. The van der Waals surface area contributed by atoms with Gasteiger partial charge in [-0.3, -0.25) is 9.59 Å². The van der Waals surface area contributed by atoms with Gasteiger partial charge in [0.25, 0.3) is 0 Å². The standard InChI is InChI=1S/C23H24O6/c1-6-27-15-8-9-16-18(13-15)28-20(21(16)24)12-14-7-10-17(19(11-14)26-5)29-22(25)23(2,3)4/h7-13H,6H2,1-5H3/b20-12-. The van der Waals surface area contributed by atoms with Gasteiger partial charge in [0.15, 0.2) is 17.3 Å². The predicted octanol–water partition coefficient (Wildman–Crippen LogP) is 4.66. The van der Waals surface area contributed by atoms with Crippen molar-refractivity contribution in [2.45, 2.75) is 27.7 Å². The molecule has 0 bridgehead atoms. The van der Waals surface area contributed by atoms with E-state index in [0.29, 0.717) is 40.7 Å². The largest absolute Gasteiger partial charge is 0.494 e. The molecule has 0 saturated carbocycles. The summed E-state index contributed by atoms with van der Waals surface area (Å²) in [5.41, 5.74) is 0.531. The molecule has 0 atom stereocenters. The van der Waals surface area contributed by atoms with E-state index < -0.39 is 5.41 Å². The molecule has 0 fully saturated rings. The molecule has 1 heterocycles. The van der Waals surface area contributed by atoms with E-state index in [1.807, 2.05) is 6.92 Å². The van der Waals surface area contributed by atoms with Crippen LogP contribution in [0.25, 0.3) is 6.08 Å². The van der Waals surface area contributed by atoms with Crippen molar-refractivity contribution in [2.75, 3.05) is 13.7 Å². The molecule has 0 amide bonds. The summed E-state index contributed by atoms with van der Waals surface area (Å²) in [6, 6.07) is 10.2. The van der Waals surface area contributed by atoms with Gasteiger partial charge in [-0.05, 0) is 63.6 Å². The van der Waals surface area contributed by atoms with Gasteiger partial charge in [0, 0.05) is 6.07 Å². The van der Waals surface area contributed by atoms with E-state index >= 15 is 0 Å². The third kappa shape index (κ3) is 4.42. The monoisotopic (exact) mass is 396 g/mol. The minimum absolute atomic E-state index is 0.203. The Morgan fingerprint density at radius 1 is 1.10 bits per heavy atom. The molecule has 0 aliphatic carbocycles. The van der Waals surface area contributed by atoms with Crippen molar-refractivity contribution in [1.29, 1.82) is 0 Å². The molecule has 1 aliphatic heterocycles. The molecule has 29 heavy (non-hydrogen) atoms. The molecule has 6 nitrogen and oxygen atoms in total. The first-order chi connectivity index (χ1) is 13.7. The van der Waals surface area contributed by atoms with Crippen molar-refractivity contribution < 1.29 is 28.5 Å². The number of rotatable bonds is 5. The smallest absolute Gasteiger partial charge is 0.316 e. The van der Waals surface area contributed by atoms with Crippen LogP contribution in [0.1, 0.15) is 43.6 Å². The van der Waals surface area contributed by atoms with E-state index in [2.05, 4.69) is 0 Å². The molecule has 0 saturated heterocycles. The second kappa shape index (κ2) is 7.99. The lowest BCUT2D eigenvalue weighted by atomic mass is 9.97. The number of fused-ring (bicyclic) bond motifs is 1. The lowest BCUT2D eigenvalue weighted by Crippen LogP contribution is -2.25. The van der Waals surface area contributed by atoms with E-state index in [1.165, 1.54) is 7.11 Å². The first-order valence-corrected chi connectivity index (χ1v) is 9.34. The Labute approximate surface area is 170 Å². The van der Waals surface area contributed by atoms with Gasteiger partial charge in [-0.15, -0.1) is 0 Å². The topological polar surface area (TPSA) is 71.1 Å². The van der Waals surface area contributed by atoms with Crippen LogP contribution in [0.3, 0.4) is 0 Å². The zero-order chi connectivity index (χ0) is 21.2. The van der Waals surface area contributed by atoms with Gasteiger partial charge in [0.2, 0.25) is 5.78 Å². The second-order valence-electron chi connectivity index (χ2n) is 7.58. The number of carbonyl (C=O) groups is 2. The molecule has 0 unspecified atom stereocenters. The van der Waals surface area contributed by atoms with Crippen LogP contribution in [-0.4, -0.2) is 25.5 Å². The van der Waals surface area contributed by atoms with Crippen LogP contribution in [0.4, 0.5) is 0 Å². The fraction of sp³-hybridized carbons (Fsp3) is 0.304. The van der Waals surface area contributed by atoms with Gasteiger partial charge < -0.3 is 18.9 Å². The fourth-order valence-corrected chi connectivity index (χ4v) is 2.69. The Hall–Kier alpha value is -3.28. The Morgan fingerprint density at radius 3 is 2.52 bits per heavy atom. The number of Topliss-reactive ketones (excluding diaryl/α,β-unsaturated/α-hetero) is 1. The summed E-state index contributed by atoms with van der Waals surface area (Å²) in [4.78, 5) is 24.8. The Kier molecular flexibility index (Phi) is 5.64. The van der Waals surface area contributed by atoms with Gasteiger partial charge in [0.1, 0.15) is 11.5 Å². The number of allylic oxidation sites excluding steroid dienone is 1. The zero-order valence-electron chi connectivity index (χ0n) is 17.2. The molecule has 0 N–H and O–H groups in total. The molecule has 0 radical (unpaired) electrons. The maximum absolute atomic E-state index is 12.6. The van der Waals surface area contributed by atoms with Crippen molar-refractivity contribution in [2.24, 2.45) is 5.41 Å². The number of ether oxygens (including phenoxy) is 4. The van der Waals surface area contributed by atoms with Crippen LogP contribution in [0.2, 0.25) is 0 Å². The first kappa shape index (κ1) is 20.5.